The number of benzene rings is 1. The first-order valence-corrected chi connectivity index (χ1v) is 7.38. The van der Waals surface area contributed by atoms with Gasteiger partial charge in [0, 0.05) is 5.54 Å². The van der Waals surface area contributed by atoms with Crippen molar-refractivity contribution in [1.29, 1.82) is 0 Å². The normalized spacial score (nSPS) is 27.3. The SMILES string of the molecule is CC(C)(C)NCC1CC1c1ccccc1C1CC1. The van der Waals surface area contributed by atoms with E-state index in [1.807, 2.05) is 0 Å². The van der Waals surface area contributed by atoms with E-state index in [1.165, 1.54) is 25.8 Å². The molecule has 0 heterocycles. The fraction of sp³-hybridized carbons (Fsp3) is 0.647. The van der Waals surface area contributed by atoms with Gasteiger partial charge in [0.05, 0.1) is 0 Å². The molecule has 1 aromatic carbocycles. The van der Waals surface area contributed by atoms with E-state index in [4.69, 9.17) is 0 Å². The zero-order valence-corrected chi connectivity index (χ0v) is 11.9. The summed E-state index contributed by atoms with van der Waals surface area (Å²) < 4.78 is 0. The summed E-state index contributed by atoms with van der Waals surface area (Å²) >= 11 is 0. The van der Waals surface area contributed by atoms with Gasteiger partial charge in [-0.25, -0.2) is 0 Å². The summed E-state index contributed by atoms with van der Waals surface area (Å²) in [5, 5.41) is 3.65. The van der Waals surface area contributed by atoms with Gasteiger partial charge in [0.1, 0.15) is 0 Å². The van der Waals surface area contributed by atoms with E-state index >= 15 is 0 Å². The highest BCUT2D eigenvalue weighted by molar-refractivity contribution is 5.39. The third kappa shape index (κ3) is 2.77. The fourth-order valence-electron chi connectivity index (χ4n) is 2.91. The standard InChI is InChI=1S/C17H25N/c1-17(2,3)18-11-13-10-16(13)15-7-5-4-6-14(15)12-8-9-12/h4-7,12-13,16,18H,8-11H2,1-3H3. The fourth-order valence-corrected chi connectivity index (χ4v) is 2.91. The van der Waals surface area contributed by atoms with Crippen LogP contribution in [0.25, 0.3) is 0 Å². The highest BCUT2D eigenvalue weighted by atomic mass is 15.0. The summed E-state index contributed by atoms with van der Waals surface area (Å²) in [4.78, 5) is 0. The van der Waals surface area contributed by atoms with Crippen molar-refractivity contribution in [2.45, 2.75) is 57.4 Å². The van der Waals surface area contributed by atoms with Crippen LogP contribution < -0.4 is 5.32 Å². The van der Waals surface area contributed by atoms with Crippen LogP contribution in [0.5, 0.6) is 0 Å². The van der Waals surface area contributed by atoms with Gasteiger partial charge in [-0.15, -0.1) is 0 Å². The van der Waals surface area contributed by atoms with Crippen molar-refractivity contribution in [3.05, 3.63) is 35.4 Å². The molecular weight excluding hydrogens is 218 g/mol. The van der Waals surface area contributed by atoms with Crippen molar-refractivity contribution < 1.29 is 0 Å². The highest BCUT2D eigenvalue weighted by Crippen LogP contribution is 2.52. The topological polar surface area (TPSA) is 12.0 Å². The average molecular weight is 243 g/mol. The monoisotopic (exact) mass is 243 g/mol. The van der Waals surface area contributed by atoms with E-state index in [9.17, 15) is 0 Å². The maximum atomic E-state index is 3.65. The van der Waals surface area contributed by atoms with Crippen LogP contribution in [0.1, 0.15) is 63.0 Å². The second-order valence-electron chi connectivity index (χ2n) is 7.14. The first-order chi connectivity index (χ1) is 8.54. The van der Waals surface area contributed by atoms with Crippen molar-refractivity contribution in [1.82, 2.24) is 5.32 Å². The lowest BCUT2D eigenvalue weighted by atomic mass is 9.98. The Hall–Kier alpha value is -0.820. The van der Waals surface area contributed by atoms with E-state index < -0.39 is 0 Å². The molecular formula is C17H25N. The molecule has 0 radical (unpaired) electrons. The van der Waals surface area contributed by atoms with E-state index in [-0.39, 0.29) is 5.54 Å². The molecule has 0 saturated heterocycles. The van der Waals surface area contributed by atoms with Crippen molar-refractivity contribution in [2.75, 3.05) is 6.54 Å². The second kappa shape index (κ2) is 4.38. The molecule has 1 aromatic rings. The Balaban J connectivity index is 1.64. The molecule has 2 aliphatic carbocycles. The highest BCUT2D eigenvalue weighted by Gasteiger charge is 2.41. The Morgan fingerprint density at radius 3 is 2.39 bits per heavy atom. The lowest BCUT2D eigenvalue weighted by molar-refractivity contribution is 0.414. The van der Waals surface area contributed by atoms with Gasteiger partial charge < -0.3 is 5.32 Å². The summed E-state index contributed by atoms with van der Waals surface area (Å²) in [6.45, 7) is 7.93. The minimum atomic E-state index is 0.253. The Kier molecular flexibility index (Phi) is 2.97. The molecule has 3 rings (SSSR count). The molecule has 1 nitrogen and oxygen atoms in total. The van der Waals surface area contributed by atoms with Gasteiger partial charge in [0.15, 0.2) is 0 Å². The quantitative estimate of drug-likeness (QED) is 0.841. The molecule has 18 heavy (non-hydrogen) atoms. The molecule has 0 bridgehead atoms. The third-order valence-corrected chi connectivity index (χ3v) is 4.23. The van der Waals surface area contributed by atoms with Gasteiger partial charge in [-0.1, -0.05) is 24.3 Å². The molecule has 0 spiro atoms. The number of hydrogen-bond donors (Lipinski definition) is 1. The molecule has 2 unspecified atom stereocenters. The molecule has 0 amide bonds. The van der Waals surface area contributed by atoms with Crippen molar-refractivity contribution in [3.63, 3.8) is 0 Å². The maximum Gasteiger partial charge on any atom is 0.00966 e. The smallest absolute Gasteiger partial charge is 0.00966 e. The van der Waals surface area contributed by atoms with Gasteiger partial charge in [0.2, 0.25) is 0 Å². The largest absolute Gasteiger partial charge is 0.312 e. The van der Waals surface area contributed by atoms with Gasteiger partial charge in [-0.05, 0) is 75.5 Å². The summed E-state index contributed by atoms with van der Waals surface area (Å²) in [7, 11) is 0. The minimum absolute atomic E-state index is 0.253. The van der Waals surface area contributed by atoms with Crippen LogP contribution in [0.15, 0.2) is 24.3 Å². The van der Waals surface area contributed by atoms with Crippen molar-refractivity contribution in [3.8, 4) is 0 Å². The predicted molar refractivity (Wildman–Crippen MR) is 77.0 cm³/mol. The van der Waals surface area contributed by atoms with Crippen LogP contribution in [-0.2, 0) is 0 Å². The second-order valence-corrected chi connectivity index (χ2v) is 7.14. The van der Waals surface area contributed by atoms with Crippen LogP contribution in [0.3, 0.4) is 0 Å². The molecule has 2 fully saturated rings. The van der Waals surface area contributed by atoms with E-state index in [0.717, 1.165) is 17.8 Å². The Bertz CT molecular complexity index is 425. The summed E-state index contributed by atoms with van der Waals surface area (Å²) in [6, 6.07) is 9.16. The van der Waals surface area contributed by atoms with Crippen LogP contribution >= 0.6 is 0 Å². The first-order valence-electron chi connectivity index (χ1n) is 7.38. The lowest BCUT2D eigenvalue weighted by Gasteiger charge is -2.20. The Morgan fingerprint density at radius 1 is 1.11 bits per heavy atom. The Labute approximate surface area is 111 Å². The van der Waals surface area contributed by atoms with Gasteiger partial charge in [0.25, 0.3) is 0 Å². The van der Waals surface area contributed by atoms with Crippen LogP contribution in [0.4, 0.5) is 0 Å². The molecule has 1 N–H and O–H groups in total. The number of rotatable bonds is 4. The first kappa shape index (κ1) is 12.2. The number of hydrogen-bond acceptors (Lipinski definition) is 1. The third-order valence-electron chi connectivity index (χ3n) is 4.23. The van der Waals surface area contributed by atoms with Crippen LogP contribution in [0.2, 0.25) is 0 Å². The molecule has 0 aliphatic heterocycles. The molecule has 1 heteroatoms. The summed E-state index contributed by atoms with van der Waals surface area (Å²) in [5.74, 6) is 2.58. The average Bonchev–Trinajstić information content (AvgIpc) is 3.19. The molecule has 98 valence electrons. The van der Waals surface area contributed by atoms with Gasteiger partial charge in [-0.2, -0.15) is 0 Å². The van der Waals surface area contributed by atoms with Gasteiger partial charge >= 0.3 is 0 Å². The van der Waals surface area contributed by atoms with E-state index in [2.05, 4.69) is 50.4 Å². The minimum Gasteiger partial charge on any atom is -0.312 e. The molecule has 2 atom stereocenters. The molecule has 0 aromatic heterocycles. The lowest BCUT2D eigenvalue weighted by Crippen LogP contribution is -2.37. The summed E-state index contributed by atoms with van der Waals surface area (Å²) in [5.41, 5.74) is 3.56. The van der Waals surface area contributed by atoms with Gasteiger partial charge in [-0.3, -0.25) is 0 Å². The Morgan fingerprint density at radius 2 is 1.78 bits per heavy atom. The van der Waals surface area contributed by atoms with E-state index in [0.29, 0.717) is 0 Å². The zero-order valence-electron chi connectivity index (χ0n) is 11.9. The van der Waals surface area contributed by atoms with E-state index in [1.54, 1.807) is 11.1 Å². The zero-order chi connectivity index (χ0) is 12.8. The maximum absolute atomic E-state index is 3.65. The number of nitrogens with one attached hydrogen (secondary N) is 1. The molecule has 2 saturated carbocycles. The molecule has 2 aliphatic rings. The van der Waals surface area contributed by atoms with Crippen molar-refractivity contribution in [2.24, 2.45) is 5.92 Å². The predicted octanol–water partition coefficient (Wildman–Crippen LogP) is 4.06. The van der Waals surface area contributed by atoms with Crippen LogP contribution in [0, 0.1) is 5.92 Å². The van der Waals surface area contributed by atoms with Crippen molar-refractivity contribution >= 4 is 0 Å². The summed E-state index contributed by atoms with van der Waals surface area (Å²) in [6.07, 6.45) is 4.20. The van der Waals surface area contributed by atoms with Crippen LogP contribution in [-0.4, -0.2) is 12.1 Å².